The van der Waals surface area contributed by atoms with Crippen molar-refractivity contribution < 1.29 is 14.7 Å². The lowest BCUT2D eigenvalue weighted by Gasteiger charge is -2.26. The number of hydrogen-bond acceptors (Lipinski definition) is 3. The van der Waals surface area contributed by atoms with E-state index in [0.29, 0.717) is 19.4 Å². The number of nitrogens with zero attached hydrogens (tertiary/aromatic N) is 1. The molecule has 5 heteroatoms. The van der Waals surface area contributed by atoms with Gasteiger partial charge in [-0.05, 0) is 25.8 Å². The van der Waals surface area contributed by atoms with Crippen LogP contribution >= 0.6 is 0 Å². The van der Waals surface area contributed by atoms with E-state index in [9.17, 15) is 9.59 Å². The largest absolute Gasteiger partial charge is 0.480 e. The molecule has 1 fully saturated rings. The fourth-order valence-corrected chi connectivity index (χ4v) is 2.09. The van der Waals surface area contributed by atoms with Gasteiger partial charge in [-0.1, -0.05) is 13.8 Å². The molecular weight excluding hydrogens is 208 g/mol. The monoisotopic (exact) mass is 228 g/mol. The van der Waals surface area contributed by atoms with Crippen molar-refractivity contribution in [1.29, 1.82) is 0 Å². The van der Waals surface area contributed by atoms with Crippen LogP contribution in [-0.2, 0) is 9.59 Å². The summed E-state index contributed by atoms with van der Waals surface area (Å²) in [6.45, 7) is 4.46. The number of hydrogen-bond donors (Lipinski definition) is 2. The number of nitrogens with one attached hydrogen (secondary N) is 1. The molecule has 16 heavy (non-hydrogen) atoms. The fraction of sp³-hybridized carbons (Fsp3) is 0.818. The van der Waals surface area contributed by atoms with E-state index < -0.39 is 12.0 Å². The van der Waals surface area contributed by atoms with E-state index in [1.807, 2.05) is 13.8 Å². The number of rotatable bonds is 5. The number of carbonyl (C=O) groups excluding carboxylic acids is 1. The molecule has 0 spiro atoms. The quantitative estimate of drug-likeness (QED) is 0.710. The number of aliphatic carboxylic acids is 1. The summed E-state index contributed by atoms with van der Waals surface area (Å²) in [5, 5.41) is 12.1. The third kappa shape index (κ3) is 2.72. The highest BCUT2D eigenvalue weighted by Gasteiger charge is 2.38. The highest BCUT2D eigenvalue weighted by atomic mass is 16.4. The van der Waals surface area contributed by atoms with Crippen molar-refractivity contribution in [1.82, 2.24) is 10.2 Å². The van der Waals surface area contributed by atoms with Gasteiger partial charge >= 0.3 is 5.97 Å². The molecule has 5 nitrogen and oxygen atoms in total. The molecule has 1 heterocycles. The first-order valence-corrected chi connectivity index (χ1v) is 5.68. The Balaban J connectivity index is 2.73. The van der Waals surface area contributed by atoms with Gasteiger partial charge in [-0.2, -0.15) is 0 Å². The van der Waals surface area contributed by atoms with Gasteiger partial charge in [0, 0.05) is 6.54 Å². The molecule has 0 aliphatic carbocycles. The third-order valence-corrected chi connectivity index (χ3v) is 2.94. The third-order valence-electron chi connectivity index (χ3n) is 2.94. The van der Waals surface area contributed by atoms with Crippen molar-refractivity contribution in [3.63, 3.8) is 0 Å². The Bertz CT molecular complexity index is 278. The van der Waals surface area contributed by atoms with Crippen molar-refractivity contribution in [2.45, 2.75) is 38.8 Å². The van der Waals surface area contributed by atoms with E-state index in [1.54, 1.807) is 7.05 Å². The zero-order valence-electron chi connectivity index (χ0n) is 10.1. The minimum Gasteiger partial charge on any atom is -0.480 e. The van der Waals surface area contributed by atoms with Crippen LogP contribution in [0.5, 0.6) is 0 Å². The standard InChI is InChI=1S/C11H20N2O3/c1-7(2)6-9(11(15)16)13-5-4-8(12-3)10(13)14/h7-9,12H,4-6H2,1-3H3,(H,15,16)/t8-,9+/m1/s1. The zero-order valence-corrected chi connectivity index (χ0v) is 10.1. The van der Waals surface area contributed by atoms with Crippen LogP contribution in [0.3, 0.4) is 0 Å². The lowest BCUT2D eigenvalue weighted by molar-refractivity contribution is -0.149. The van der Waals surface area contributed by atoms with Crippen molar-refractivity contribution >= 4 is 11.9 Å². The van der Waals surface area contributed by atoms with Crippen LogP contribution < -0.4 is 5.32 Å². The summed E-state index contributed by atoms with van der Waals surface area (Å²) < 4.78 is 0. The highest BCUT2D eigenvalue weighted by molar-refractivity contribution is 5.88. The number of likely N-dealkylation sites (N-methyl/N-ethyl adjacent to an activating group) is 1. The van der Waals surface area contributed by atoms with Crippen LogP contribution in [-0.4, -0.2) is 47.6 Å². The Hall–Kier alpha value is -1.10. The smallest absolute Gasteiger partial charge is 0.326 e. The van der Waals surface area contributed by atoms with Gasteiger partial charge in [0.15, 0.2) is 0 Å². The number of amides is 1. The average molecular weight is 228 g/mol. The Kier molecular flexibility index (Phi) is 4.29. The molecule has 1 aliphatic heterocycles. The summed E-state index contributed by atoms with van der Waals surface area (Å²) >= 11 is 0. The van der Waals surface area contributed by atoms with Gasteiger partial charge in [-0.3, -0.25) is 4.79 Å². The molecule has 0 aromatic rings. The van der Waals surface area contributed by atoms with Crippen LogP contribution in [0.1, 0.15) is 26.7 Å². The summed E-state index contributed by atoms with van der Waals surface area (Å²) in [5.74, 6) is -0.725. The molecule has 2 atom stereocenters. The van der Waals surface area contributed by atoms with E-state index in [2.05, 4.69) is 5.32 Å². The maximum absolute atomic E-state index is 11.9. The minimum atomic E-state index is -0.904. The van der Waals surface area contributed by atoms with Gasteiger partial charge in [-0.15, -0.1) is 0 Å². The Morgan fingerprint density at radius 2 is 2.25 bits per heavy atom. The first-order valence-electron chi connectivity index (χ1n) is 5.68. The lowest BCUT2D eigenvalue weighted by Crippen LogP contribution is -2.46. The molecule has 1 amide bonds. The fourth-order valence-electron chi connectivity index (χ4n) is 2.09. The summed E-state index contributed by atoms with van der Waals surface area (Å²) in [6, 6.07) is -0.889. The van der Waals surface area contributed by atoms with Crippen molar-refractivity contribution in [2.24, 2.45) is 5.92 Å². The number of carboxylic acids is 1. The Morgan fingerprint density at radius 3 is 2.62 bits per heavy atom. The Labute approximate surface area is 95.8 Å². The van der Waals surface area contributed by atoms with E-state index in [0.717, 1.165) is 0 Å². The summed E-state index contributed by atoms with van der Waals surface area (Å²) in [4.78, 5) is 24.5. The number of likely N-dealkylation sites (tertiary alicyclic amines) is 1. The van der Waals surface area contributed by atoms with E-state index in [1.165, 1.54) is 4.90 Å². The van der Waals surface area contributed by atoms with Crippen molar-refractivity contribution in [2.75, 3.05) is 13.6 Å². The number of carboxylic acid groups (broad SMARTS) is 1. The summed E-state index contributed by atoms with van der Waals surface area (Å²) in [5.41, 5.74) is 0. The van der Waals surface area contributed by atoms with E-state index in [4.69, 9.17) is 5.11 Å². The van der Waals surface area contributed by atoms with Gasteiger partial charge in [0.1, 0.15) is 6.04 Å². The van der Waals surface area contributed by atoms with Crippen LogP contribution in [0.2, 0.25) is 0 Å². The van der Waals surface area contributed by atoms with Gasteiger partial charge in [0.05, 0.1) is 6.04 Å². The van der Waals surface area contributed by atoms with E-state index in [-0.39, 0.29) is 17.9 Å². The molecule has 2 N–H and O–H groups in total. The van der Waals surface area contributed by atoms with Gasteiger partial charge in [0.25, 0.3) is 0 Å². The molecule has 0 radical (unpaired) electrons. The second-order valence-electron chi connectivity index (χ2n) is 4.65. The molecule has 0 bridgehead atoms. The Morgan fingerprint density at radius 1 is 1.62 bits per heavy atom. The zero-order chi connectivity index (χ0) is 12.3. The molecule has 1 aliphatic rings. The van der Waals surface area contributed by atoms with E-state index >= 15 is 0 Å². The topological polar surface area (TPSA) is 69.6 Å². The van der Waals surface area contributed by atoms with Gasteiger partial charge in [-0.25, -0.2) is 4.79 Å². The maximum atomic E-state index is 11.9. The predicted molar refractivity (Wildman–Crippen MR) is 60.1 cm³/mol. The normalized spacial score (nSPS) is 22.9. The molecule has 0 saturated carbocycles. The van der Waals surface area contributed by atoms with Crippen LogP contribution in [0.15, 0.2) is 0 Å². The highest BCUT2D eigenvalue weighted by Crippen LogP contribution is 2.19. The molecular formula is C11H20N2O3. The molecule has 0 aromatic heterocycles. The van der Waals surface area contributed by atoms with Gasteiger partial charge in [0.2, 0.25) is 5.91 Å². The molecule has 0 unspecified atom stereocenters. The SMILES string of the molecule is CN[C@@H]1CCN([C@@H](CC(C)C)C(=O)O)C1=O. The molecule has 0 aromatic carbocycles. The molecule has 92 valence electrons. The predicted octanol–water partition coefficient (Wildman–Crippen LogP) is 0.306. The first kappa shape index (κ1) is 13.0. The molecule has 1 rings (SSSR count). The number of carbonyl (C=O) groups is 2. The van der Waals surface area contributed by atoms with Crippen LogP contribution in [0.4, 0.5) is 0 Å². The maximum Gasteiger partial charge on any atom is 0.326 e. The van der Waals surface area contributed by atoms with Crippen LogP contribution in [0.25, 0.3) is 0 Å². The van der Waals surface area contributed by atoms with Crippen molar-refractivity contribution in [3.8, 4) is 0 Å². The second kappa shape index (κ2) is 5.30. The molecule has 1 saturated heterocycles. The average Bonchev–Trinajstić information content (AvgIpc) is 2.55. The lowest BCUT2D eigenvalue weighted by atomic mass is 10.0. The summed E-state index contributed by atoms with van der Waals surface area (Å²) in [7, 11) is 1.73. The van der Waals surface area contributed by atoms with Crippen molar-refractivity contribution in [3.05, 3.63) is 0 Å². The van der Waals surface area contributed by atoms with Crippen LogP contribution in [0, 0.1) is 5.92 Å². The summed E-state index contributed by atoms with van der Waals surface area (Å²) in [6.07, 6.45) is 1.20. The van der Waals surface area contributed by atoms with Gasteiger partial charge < -0.3 is 15.3 Å². The minimum absolute atomic E-state index is 0.0875. The first-order chi connectivity index (χ1) is 7.47. The second-order valence-corrected chi connectivity index (χ2v) is 4.65.